The van der Waals surface area contributed by atoms with Crippen LogP contribution in [0.4, 0.5) is 0 Å². The minimum atomic E-state index is 0.631. The summed E-state index contributed by atoms with van der Waals surface area (Å²) in [6, 6.07) is 52.1. The molecule has 4 heteroatoms. The lowest BCUT2D eigenvalue weighted by Crippen LogP contribution is -2.01. The quantitative estimate of drug-likeness (QED) is 0.196. The van der Waals surface area contributed by atoms with Gasteiger partial charge in [-0.1, -0.05) is 133 Å². The maximum absolute atomic E-state index is 6.41. The Kier molecular flexibility index (Phi) is 5.78. The van der Waals surface area contributed by atoms with Gasteiger partial charge in [-0.2, -0.15) is 0 Å². The SMILES string of the molecule is c1ccc(-c2nc(-c3ccccc3)nc(-c3ccccc3-c3ccc4oc5ccc6ccc7ccccc7c6c5c4c3)n2)cc1. The van der Waals surface area contributed by atoms with Crippen molar-refractivity contribution < 1.29 is 4.42 Å². The van der Waals surface area contributed by atoms with Crippen LogP contribution in [0.1, 0.15) is 0 Å². The van der Waals surface area contributed by atoms with E-state index in [0.717, 1.165) is 49.8 Å². The van der Waals surface area contributed by atoms with E-state index in [1.165, 1.54) is 21.5 Å². The third-order valence-electron chi connectivity index (χ3n) is 8.52. The standard InChI is InChI=1S/C41H25N3O/c1-3-12-28(13-4-1)39-42-40(29-14-5-2-6-15-29)44-41(43-39)33-18-10-9-16-31(33)30-22-23-35-34(25-30)38-36(45-35)24-21-27-20-19-26-11-7-8-17-32(26)37(27)38/h1-25H. The van der Waals surface area contributed by atoms with Crippen LogP contribution in [0.3, 0.4) is 0 Å². The number of fused-ring (bicyclic) bond motifs is 7. The lowest BCUT2D eigenvalue weighted by molar-refractivity contribution is 0.669. The van der Waals surface area contributed by atoms with E-state index in [0.29, 0.717) is 17.5 Å². The van der Waals surface area contributed by atoms with E-state index in [1.54, 1.807) is 0 Å². The summed E-state index contributed by atoms with van der Waals surface area (Å²) >= 11 is 0. The van der Waals surface area contributed by atoms with Gasteiger partial charge in [-0.05, 0) is 45.5 Å². The zero-order chi connectivity index (χ0) is 29.7. The van der Waals surface area contributed by atoms with E-state index in [2.05, 4.69) is 84.9 Å². The zero-order valence-corrected chi connectivity index (χ0v) is 24.2. The van der Waals surface area contributed by atoms with Gasteiger partial charge in [0.05, 0.1) is 0 Å². The monoisotopic (exact) mass is 575 g/mol. The van der Waals surface area contributed by atoms with Gasteiger partial charge in [0.15, 0.2) is 17.5 Å². The Labute approximate surface area is 259 Å². The Morgan fingerprint density at radius 1 is 0.356 bits per heavy atom. The zero-order valence-electron chi connectivity index (χ0n) is 24.2. The molecule has 0 radical (unpaired) electrons. The minimum absolute atomic E-state index is 0.631. The van der Waals surface area contributed by atoms with E-state index < -0.39 is 0 Å². The lowest BCUT2D eigenvalue weighted by Gasteiger charge is -2.12. The first-order valence-electron chi connectivity index (χ1n) is 15.0. The van der Waals surface area contributed by atoms with Gasteiger partial charge in [-0.3, -0.25) is 0 Å². The molecule has 0 N–H and O–H groups in total. The van der Waals surface area contributed by atoms with Gasteiger partial charge >= 0.3 is 0 Å². The van der Waals surface area contributed by atoms with Crippen LogP contribution in [0.15, 0.2) is 156 Å². The average Bonchev–Trinajstić information content (AvgIpc) is 3.50. The van der Waals surface area contributed by atoms with Crippen molar-refractivity contribution >= 4 is 43.5 Å². The van der Waals surface area contributed by atoms with E-state index >= 15 is 0 Å². The first-order valence-corrected chi connectivity index (χ1v) is 15.0. The summed E-state index contributed by atoms with van der Waals surface area (Å²) in [7, 11) is 0. The molecule has 0 saturated heterocycles. The van der Waals surface area contributed by atoms with Crippen LogP contribution in [0.25, 0.3) is 88.8 Å². The molecular weight excluding hydrogens is 550 g/mol. The highest BCUT2D eigenvalue weighted by atomic mass is 16.3. The highest BCUT2D eigenvalue weighted by Gasteiger charge is 2.18. The fraction of sp³-hybridized carbons (Fsp3) is 0. The highest BCUT2D eigenvalue weighted by Crippen LogP contribution is 2.41. The largest absolute Gasteiger partial charge is 0.456 e. The summed E-state index contributed by atoms with van der Waals surface area (Å²) in [5.74, 6) is 1.92. The van der Waals surface area contributed by atoms with Crippen molar-refractivity contribution in [3.05, 3.63) is 152 Å². The number of rotatable bonds is 4. The van der Waals surface area contributed by atoms with Gasteiger partial charge in [-0.25, -0.2) is 15.0 Å². The molecule has 2 aromatic heterocycles. The summed E-state index contributed by atoms with van der Waals surface area (Å²) in [5.41, 5.74) is 6.70. The van der Waals surface area contributed by atoms with E-state index in [4.69, 9.17) is 19.4 Å². The molecule has 0 saturated carbocycles. The molecule has 2 heterocycles. The first kappa shape index (κ1) is 25.4. The van der Waals surface area contributed by atoms with Crippen molar-refractivity contribution in [2.24, 2.45) is 0 Å². The molecule has 0 bridgehead atoms. The fourth-order valence-electron chi connectivity index (χ4n) is 6.39. The molecule has 0 aliphatic heterocycles. The van der Waals surface area contributed by atoms with E-state index in [1.807, 2.05) is 66.7 Å². The van der Waals surface area contributed by atoms with Gasteiger partial charge in [0.1, 0.15) is 11.2 Å². The Balaban J connectivity index is 1.28. The summed E-state index contributed by atoms with van der Waals surface area (Å²) in [5, 5.41) is 7.07. The van der Waals surface area contributed by atoms with Gasteiger partial charge in [0.25, 0.3) is 0 Å². The number of nitrogens with zero attached hydrogens (tertiary/aromatic N) is 3. The van der Waals surface area contributed by atoms with Gasteiger partial charge in [-0.15, -0.1) is 0 Å². The third-order valence-corrected chi connectivity index (χ3v) is 8.52. The molecule has 0 aliphatic carbocycles. The number of furan rings is 1. The summed E-state index contributed by atoms with van der Waals surface area (Å²) in [4.78, 5) is 14.9. The molecule has 0 atom stereocenters. The predicted molar refractivity (Wildman–Crippen MR) is 184 cm³/mol. The van der Waals surface area contributed by atoms with Crippen molar-refractivity contribution in [1.29, 1.82) is 0 Å². The topological polar surface area (TPSA) is 51.8 Å². The van der Waals surface area contributed by atoms with Crippen LogP contribution in [0.2, 0.25) is 0 Å². The fourth-order valence-corrected chi connectivity index (χ4v) is 6.39. The molecule has 0 aliphatic rings. The molecule has 0 fully saturated rings. The minimum Gasteiger partial charge on any atom is -0.456 e. The molecule has 0 spiro atoms. The Bertz CT molecular complexity index is 2480. The van der Waals surface area contributed by atoms with Crippen LogP contribution in [0, 0.1) is 0 Å². The molecule has 9 aromatic rings. The Morgan fingerprint density at radius 3 is 1.69 bits per heavy atom. The second-order valence-electron chi connectivity index (χ2n) is 11.2. The number of benzene rings is 7. The summed E-state index contributed by atoms with van der Waals surface area (Å²) < 4.78 is 6.41. The van der Waals surface area contributed by atoms with E-state index in [-0.39, 0.29) is 0 Å². The Hall–Kier alpha value is -6.13. The predicted octanol–water partition coefficient (Wildman–Crippen LogP) is 10.7. The number of aromatic nitrogens is 3. The van der Waals surface area contributed by atoms with Crippen molar-refractivity contribution in [3.8, 4) is 45.3 Å². The molecule has 210 valence electrons. The van der Waals surface area contributed by atoms with Crippen molar-refractivity contribution in [3.63, 3.8) is 0 Å². The lowest BCUT2D eigenvalue weighted by atomic mass is 9.95. The molecule has 4 nitrogen and oxygen atoms in total. The molecule has 7 aromatic carbocycles. The average molecular weight is 576 g/mol. The molecule has 0 unspecified atom stereocenters. The first-order chi connectivity index (χ1) is 22.3. The third kappa shape index (κ3) is 4.27. The molecule has 9 rings (SSSR count). The smallest absolute Gasteiger partial charge is 0.164 e. The molecular formula is C41H25N3O. The number of hydrogen-bond donors (Lipinski definition) is 0. The van der Waals surface area contributed by atoms with Gasteiger partial charge < -0.3 is 4.42 Å². The Morgan fingerprint density at radius 2 is 0.933 bits per heavy atom. The van der Waals surface area contributed by atoms with Crippen molar-refractivity contribution in [1.82, 2.24) is 15.0 Å². The highest BCUT2D eigenvalue weighted by molar-refractivity contribution is 6.26. The second kappa shape index (κ2) is 10.2. The van der Waals surface area contributed by atoms with Crippen LogP contribution < -0.4 is 0 Å². The van der Waals surface area contributed by atoms with Crippen LogP contribution in [-0.2, 0) is 0 Å². The van der Waals surface area contributed by atoms with Crippen LogP contribution >= 0.6 is 0 Å². The molecule has 0 amide bonds. The maximum atomic E-state index is 6.41. The maximum Gasteiger partial charge on any atom is 0.164 e. The summed E-state index contributed by atoms with van der Waals surface area (Å²) in [6.45, 7) is 0. The van der Waals surface area contributed by atoms with E-state index in [9.17, 15) is 0 Å². The van der Waals surface area contributed by atoms with Gasteiger partial charge in [0, 0.05) is 32.8 Å². The van der Waals surface area contributed by atoms with Crippen LogP contribution in [-0.4, -0.2) is 15.0 Å². The van der Waals surface area contributed by atoms with Gasteiger partial charge in [0.2, 0.25) is 0 Å². The van der Waals surface area contributed by atoms with Crippen LogP contribution in [0.5, 0.6) is 0 Å². The number of hydrogen-bond acceptors (Lipinski definition) is 4. The normalized spacial score (nSPS) is 11.6. The molecule has 45 heavy (non-hydrogen) atoms. The summed E-state index contributed by atoms with van der Waals surface area (Å²) in [6.07, 6.45) is 0. The second-order valence-corrected chi connectivity index (χ2v) is 11.2. The van der Waals surface area contributed by atoms with Crippen molar-refractivity contribution in [2.45, 2.75) is 0 Å². The van der Waals surface area contributed by atoms with Crippen molar-refractivity contribution in [2.75, 3.05) is 0 Å².